The van der Waals surface area contributed by atoms with Gasteiger partial charge in [-0.1, -0.05) is 13.0 Å². The summed E-state index contributed by atoms with van der Waals surface area (Å²) in [6.45, 7) is 4.24. The van der Waals surface area contributed by atoms with Crippen LogP contribution >= 0.6 is 22.6 Å². The molecule has 1 aromatic rings. The van der Waals surface area contributed by atoms with Crippen molar-refractivity contribution in [1.82, 2.24) is 5.32 Å². The lowest BCUT2D eigenvalue weighted by Gasteiger charge is -2.10. The van der Waals surface area contributed by atoms with Crippen LogP contribution in [0, 0.1) is 10.5 Å². The minimum atomic E-state index is 0.480. The van der Waals surface area contributed by atoms with Crippen LogP contribution in [0.3, 0.4) is 0 Å². The second-order valence-electron chi connectivity index (χ2n) is 4.36. The van der Waals surface area contributed by atoms with Crippen molar-refractivity contribution in [3.8, 4) is 5.75 Å². The van der Waals surface area contributed by atoms with E-state index in [2.05, 4.69) is 40.9 Å². The SMILES string of the molecule is CNC.Cc1cc2c(c(I)c1O)CCC2C. The zero-order valence-corrected chi connectivity index (χ0v) is 12.6. The van der Waals surface area contributed by atoms with Gasteiger partial charge in [0.15, 0.2) is 0 Å². The Labute approximate surface area is 112 Å². The van der Waals surface area contributed by atoms with Crippen molar-refractivity contribution in [3.05, 3.63) is 26.3 Å². The Bertz CT molecular complexity index is 377. The summed E-state index contributed by atoms with van der Waals surface area (Å²) in [5.74, 6) is 1.15. The molecule has 2 nitrogen and oxygen atoms in total. The molecule has 90 valence electrons. The highest BCUT2D eigenvalue weighted by atomic mass is 127. The number of hydrogen-bond acceptors (Lipinski definition) is 2. The third-order valence-corrected chi connectivity index (χ3v) is 4.09. The molecule has 0 aliphatic heterocycles. The largest absolute Gasteiger partial charge is 0.507 e. The topological polar surface area (TPSA) is 32.3 Å². The maximum atomic E-state index is 9.75. The van der Waals surface area contributed by atoms with Crippen LogP contribution in [-0.4, -0.2) is 19.2 Å². The molecule has 16 heavy (non-hydrogen) atoms. The van der Waals surface area contributed by atoms with Gasteiger partial charge in [-0.15, -0.1) is 0 Å². The molecule has 1 aliphatic carbocycles. The molecule has 2 N–H and O–H groups in total. The molecule has 0 fully saturated rings. The fourth-order valence-corrected chi connectivity index (χ4v) is 3.05. The molecule has 0 saturated heterocycles. The highest BCUT2D eigenvalue weighted by Crippen LogP contribution is 2.40. The maximum absolute atomic E-state index is 9.75. The summed E-state index contributed by atoms with van der Waals surface area (Å²) in [6.07, 6.45) is 2.36. The molecule has 0 radical (unpaired) electrons. The molecule has 3 heteroatoms. The lowest BCUT2D eigenvalue weighted by molar-refractivity contribution is 0.466. The summed E-state index contributed by atoms with van der Waals surface area (Å²) in [7, 11) is 3.75. The average Bonchev–Trinajstić information content (AvgIpc) is 2.59. The second-order valence-corrected chi connectivity index (χ2v) is 5.44. The molecular formula is C13H20INO. The molecule has 0 aromatic heterocycles. The lowest BCUT2D eigenvalue weighted by Crippen LogP contribution is -1.92. The highest BCUT2D eigenvalue weighted by Gasteiger charge is 2.23. The third kappa shape index (κ3) is 2.69. The van der Waals surface area contributed by atoms with E-state index in [1.54, 1.807) is 0 Å². The number of hydrogen-bond donors (Lipinski definition) is 2. The van der Waals surface area contributed by atoms with E-state index in [-0.39, 0.29) is 0 Å². The standard InChI is InChI=1S/C11H13IO.C2H7N/c1-6-3-4-8-9(6)5-7(2)11(13)10(8)12;1-3-2/h5-6,13H,3-4H2,1-2H3;3H,1-2H3. The van der Waals surface area contributed by atoms with Gasteiger partial charge < -0.3 is 10.4 Å². The maximum Gasteiger partial charge on any atom is 0.132 e. The van der Waals surface area contributed by atoms with E-state index in [1.807, 2.05) is 21.0 Å². The van der Waals surface area contributed by atoms with Gasteiger partial charge in [0.1, 0.15) is 5.75 Å². The van der Waals surface area contributed by atoms with Crippen LogP contribution in [-0.2, 0) is 6.42 Å². The number of aromatic hydroxyl groups is 1. The molecule has 0 heterocycles. The fraction of sp³-hybridized carbons (Fsp3) is 0.538. The number of halogens is 1. The Hall–Kier alpha value is -0.290. The Morgan fingerprint density at radius 2 is 2.00 bits per heavy atom. The fourth-order valence-electron chi connectivity index (χ4n) is 2.04. The van der Waals surface area contributed by atoms with Crippen LogP contribution in [0.1, 0.15) is 36.0 Å². The minimum absolute atomic E-state index is 0.480. The first-order chi connectivity index (χ1) is 7.52. The van der Waals surface area contributed by atoms with Gasteiger partial charge in [0, 0.05) is 0 Å². The van der Waals surface area contributed by atoms with Gasteiger partial charge in [-0.3, -0.25) is 0 Å². The number of aryl methyl sites for hydroxylation is 1. The normalized spacial score (nSPS) is 17.7. The van der Waals surface area contributed by atoms with Crippen molar-refractivity contribution in [2.75, 3.05) is 14.1 Å². The summed E-state index contributed by atoms with van der Waals surface area (Å²) in [5, 5.41) is 12.5. The van der Waals surface area contributed by atoms with Crippen LogP contribution in [0.25, 0.3) is 0 Å². The Kier molecular flexibility index (Phi) is 5.05. The molecule has 1 atom stereocenters. The average molecular weight is 333 g/mol. The summed E-state index contributed by atoms with van der Waals surface area (Å²) in [4.78, 5) is 0. The van der Waals surface area contributed by atoms with Crippen molar-refractivity contribution in [1.29, 1.82) is 0 Å². The first-order valence-electron chi connectivity index (χ1n) is 5.62. The van der Waals surface area contributed by atoms with Gasteiger partial charge in [-0.25, -0.2) is 0 Å². The molecule has 0 amide bonds. The monoisotopic (exact) mass is 333 g/mol. The second kappa shape index (κ2) is 5.87. The number of rotatable bonds is 0. The quantitative estimate of drug-likeness (QED) is 0.715. The molecule has 1 unspecified atom stereocenters. The van der Waals surface area contributed by atoms with Gasteiger partial charge in [-0.05, 0) is 79.1 Å². The van der Waals surface area contributed by atoms with Crippen molar-refractivity contribution in [2.45, 2.75) is 32.6 Å². The minimum Gasteiger partial charge on any atom is -0.507 e. The van der Waals surface area contributed by atoms with E-state index < -0.39 is 0 Å². The first kappa shape index (κ1) is 13.8. The molecule has 1 aromatic carbocycles. The zero-order valence-electron chi connectivity index (χ0n) is 10.4. The molecule has 0 bridgehead atoms. The van der Waals surface area contributed by atoms with Crippen LogP contribution < -0.4 is 5.32 Å². The summed E-state index contributed by atoms with van der Waals surface area (Å²) in [6, 6.07) is 2.14. The summed E-state index contributed by atoms with van der Waals surface area (Å²) in [5.41, 5.74) is 3.83. The zero-order chi connectivity index (χ0) is 12.3. The Balaban J connectivity index is 0.000000386. The predicted molar refractivity (Wildman–Crippen MR) is 77.3 cm³/mol. The number of phenolic OH excluding ortho intramolecular Hbond substituents is 1. The third-order valence-electron chi connectivity index (χ3n) is 2.93. The van der Waals surface area contributed by atoms with Crippen LogP contribution in [0.15, 0.2) is 6.07 Å². The molecule has 0 spiro atoms. The number of benzene rings is 1. The van der Waals surface area contributed by atoms with E-state index >= 15 is 0 Å². The van der Waals surface area contributed by atoms with E-state index in [9.17, 15) is 5.11 Å². The lowest BCUT2D eigenvalue weighted by atomic mass is 10.0. The summed E-state index contributed by atoms with van der Waals surface area (Å²) >= 11 is 2.26. The number of fused-ring (bicyclic) bond motifs is 1. The molecular weight excluding hydrogens is 313 g/mol. The van der Waals surface area contributed by atoms with Crippen LogP contribution in [0.4, 0.5) is 0 Å². The summed E-state index contributed by atoms with van der Waals surface area (Å²) < 4.78 is 1.07. The van der Waals surface area contributed by atoms with Crippen LogP contribution in [0.5, 0.6) is 5.75 Å². The van der Waals surface area contributed by atoms with Gasteiger partial charge in [0.05, 0.1) is 3.57 Å². The van der Waals surface area contributed by atoms with Gasteiger partial charge in [0.2, 0.25) is 0 Å². The van der Waals surface area contributed by atoms with Gasteiger partial charge >= 0.3 is 0 Å². The van der Waals surface area contributed by atoms with E-state index in [1.165, 1.54) is 17.5 Å². The smallest absolute Gasteiger partial charge is 0.132 e. The van der Waals surface area contributed by atoms with Crippen LogP contribution in [0.2, 0.25) is 0 Å². The van der Waals surface area contributed by atoms with Crippen molar-refractivity contribution < 1.29 is 5.11 Å². The Morgan fingerprint density at radius 3 is 2.56 bits per heavy atom. The van der Waals surface area contributed by atoms with Crippen molar-refractivity contribution in [3.63, 3.8) is 0 Å². The van der Waals surface area contributed by atoms with E-state index in [0.717, 1.165) is 15.6 Å². The van der Waals surface area contributed by atoms with E-state index in [4.69, 9.17) is 0 Å². The molecule has 2 rings (SSSR count). The molecule has 0 saturated carbocycles. The number of nitrogens with one attached hydrogen (secondary N) is 1. The van der Waals surface area contributed by atoms with Gasteiger partial charge in [-0.2, -0.15) is 0 Å². The highest BCUT2D eigenvalue weighted by molar-refractivity contribution is 14.1. The first-order valence-corrected chi connectivity index (χ1v) is 6.70. The molecule has 1 aliphatic rings. The predicted octanol–water partition coefficient (Wildman–Crippen LogP) is 3.19. The number of phenols is 1. The Morgan fingerprint density at radius 1 is 1.44 bits per heavy atom. The van der Waals surface area contributed by atoms with Crippen molar-refractivity contribution in [2.24, 2.45) is 0 Å². The van der Waals surface area contributed by atoms with Crippen molar-refractivity contribution >= 4 is 22.6 Å². The van der Waals surface area contributed by atoms with Gasteiger partial charge in [0.25, 0.3) is 0 Å². The van der Waals surface area contributed by atoms with E-state index in [0.29, 0.717) is 11.7 Å².